The molecule has 16 rings (SSSR count). The maximum absolute atomic E-state index is 2.52. The van der Waals surface area contributed by atoms with Gasteiger partial charge in [0, 0.05) is 33.9 Å². The van der Waals surface area contributed by atoms with Crippen molar-refractivity contribution in [1.29, 1.82) is 0 Å². The zero-order valence-corrected chi connectivity index (χ0v) is 45.1. The van der Waals surface area contributed by atoms with E-state index in [0.29, 0.717) is 0 Å². The molecule has 1 heterocycles. The topological polar surface area (TPSA) is 6.48 Å². The van der Waals surface area contributed by atoms with Gasteiger partial charge in [0.25, 0.3) is 0 Å². The largest absolute Gasteiger partial charge is 0.310 e. The number of nitrogens with zero attached hydrogens (tertiary/aromatic N) is 2. The van der Waals surface area contributed by atoms with E-state index in [4.69, 9.17) is 0 Å². The Hall–Kier alpha value is -10.5. The highest BCUT2D eigenvalue weighted by molar-refractivity contribution is 6.05. The molecule has 1 unspecified atom stereocenters. The second-order valence-corrected chi connectivity index (χ2v) is 21.9. The molecule has 384 valence electrons. The summed E-state index contributed by atoms with van der Waals surface area (Å²) < 4.78 is 0. The Morgan fingerprint density at radius 1 is 0.244 bits per heavy atom. The highest BCUT2D eigenvalue weighted by Gasteiger charge is 2.53. The predicted molar refractivity (Wildman–Crippen MR) is 340 cm³/mol. The minimum atomic E-state index is -0.619. The maximum Gasteiger partial charge on any atom is 0.0754 e. The Labute approximate surface area is 479 Å². The molecule has 13 aromatic carbocycles. The van der Waals surface area contributed by atoms with E-state index in [1.807, 2.05) is 0 Å². The number of fused-ring (bicyclic) bond motifs is 8. The van der Waals surface area contributed by atoms with E-state index in [0.717, 1.165) is 33.9 Å². The molecule has 0 fully saturated rings. The third-order valence-electron chi connectivity index (χ3n) is 17.7. The third kappa shape index (κ3) is 7.08. The Bertz CT molecular complexity index is 4500. The molecular formula is C80H54N2. The van der Waals surface area contributed by atoms with Crippen molar-refractivity contribution in [3.05, 3.63) is 372 Å². The van der Waals surface area contributed by atoms with Crippen molar-refractivity contribution in [3.8, 4) is 55.6 Å². The van der Waals surface area contributed by atoms with E-state index in [1.54, 1.807) is 0 Å². The average molecular weight is 1040 g/mol. The molecule has 2 heteroatoms. The first-order valence-electron chi connectivity index (χ1n) is 28.5. The summed E-state index contributed by atoms with van der Waals surface area (Å²) in [5.41, 5.74) is 27.9. The summed E-state index contributed by atoms with van der Waals surface area (Å²) in [5, 5.41) is 0. The van der Waals surface area contributed by atoms with Crippen molar-refractivity contribution in [2.75, 3.05) is 9.80 Å². The van der Waals surface area contributed by atoms with Crippen LogP contribution >= 0.6 is 0 Å². The zero-order valence-electron chi connectivity index (χ0n) is 45.1. The van der Waals surface area contributed by atoms with Crippen molar-refractivity contribution in [2.24, 2.45) is 0 Å². The van der Waals surface area contributed by atoms with Gasteiger partial charge in [0.2, 0.25) is 0 Å². The van der Waals surface area contributed by atoms with Crippen LogP contribution in [0.2, 0.25) is 0 Å². The van der Waals surface area contributed by atoms with Gasteiger partial charge in [-0.25, -0.2) is 0 Å². The van der Waals surface area contributed by atoms with Crippen LogP contribution < -0.4 is 9.80 Å². The van der Waals surface area contributed by atoms with Gasteiger partial charge in [-0.15, -0.1) is 0 Å². The fraction of sp³-hybridized carbons (Fsp3) is 0.0250. The number of para-hydroxylation sites is 2. The Balaban J connectivity index is 0.881. The minimum Gasteiger partial charge on any atom is -0.310 e. The summed E-state index contributed by atoms with van der Waals surface area (Å²) in [5.74, 6) is 0. The Morgan fingerprint density at radius 2 is 0.683 bits per heavy atom. The van der Waals surface area contributed by atoms with Crippen molar-refractivity contribution in [1.82, 2.24) is 0 Å². The van der Waals surface area contributed by atoms with Crippen molar-refractivity contribution in [2.45, 2.75) is 10.8 Å². The maximum atomic E-state index is 2.52. The van der Waals surface area contributed by atoms with Gasteiger partial charge in [-0.05, 0) is 150 Å². The first kappa shape index (κ1) is 47.5. The molecular weight excluding hydrogens is 989 g/mol. The first-order valence-corrected chi connectivity index (χ1v) is 28.5. The van der Waals surface area contributed by atoms with E-state index >= 15 is 0 Å². The molecule has 3 aliphatic rings. The van der Waals surface area contributed by atoms with Crippen LogP contribution in [0.25, 0.3) is 55.6 Å². The van der Waals surface area contributed by atoms with Crippen LogP contribution in [-0.4, -0.2) is 0 Å². The van der Waals surface area contributed by atoms with Gasteiger partial charge < -0.3 is 9.80 Å². The van der Waals surface area contributed by atoms with Gasteiger partial charge in [0.05, 0.1) is 22.2 Å². The standard InChI is InChI=1S/C80H54N2/c1-7-24-55(25-8-1)58-28-23-37-65(52-58)81(66-47-49-69-68-38-19-20-39-72(68)79(75(69)54-66,60-29-11-3-12-30-60)61-31-13-4-14-32-61)64-45-42-56(43-46-64)59-44-48-70-71-51-50-67(57-26-9-2-10-27-57)78-77(71)80(74(70)53-59,62-33-15-5-16-34-62)73-40-21-22-41-76(73)82(78)63-35-17-6-18-36-63/h1-54H. The van der Waals surface area contributed by atoms with E-state index in [2.05, 4.69) is 337 Å². The van der Waals surface area contributed by atoms with E-state index in [-0.39, 0.29) is 0 Å². The number of benzene rings is 13. The van der Waals surface area contributed by atoms with Gasteiger partial charge in [0.15, 0.2) is 0 Å². The van der Waals surface area contributed by atoms with Crippen LogP contribution in [0, 0.1) is 0 Å². The summed E-state index contributed by atoms with van der Waals surface area (Å²) in [4.78, 5) is 4.97. The summed E-state index contributed by atoms with van der Waals surface area (Å²) >= 11 is 0. The summed E-state index contributed by atoms with van der Waals surface area (Å²) in [6.07, 6.45) is 0. The van der Waals surface area contributed by atoms with Crippen LogP contribution in [0.4, 0.5) is 34.1 Å². The van der Waals surface area contributed by atoms with E-state index in [9.17, 15) is 0 Å². The molecule has 0 saturated heterocycles. The van der Waals surface area contributed by atoms with Crippen LogP contribution in [0.5, 0.6) is 0 Å². The Kier molecular flexibility index (Phi) is 11.0. The van der Waals surface area contributed by atoms with E-state index < -0.39 is 10.8 Å². The zero-order chi connectivity index (χ0) is 54.2. The van der Waals surface area contributed by atoms with Crippen molar-refractivity contribution >= 4 is 34.1 Å². The lowest BCUT2D eigenvalue weighted by molar-refractivity contribution is 0.754. The molecule has 1 aliphatic heterocycles. The number of hydrogen-bond donors (Lipinski definition) is 0. The van der Waals surface area contributed by atoms with E-state index in [1.165, 1.54) is 100 Å². The molecule has 2 aliphatic carbocycles. The third-order valence-corrected chi connectivity index (χ3v) is 17.7. The van der Waals surface area contributed by atoms with Gasteiger partial charge in [-0.1, -0.05) is 267 Å². The number of anilines is 6. The molecule has 0 bridgehead atoms. The molecule has 0 aromatic heterocycles. The monoisotopic (exact) mass is 1040 g/mol. The van der Waals surface area contributed by atoms with Gasteiger partial charge in [0.1, 0.15) is 0 Å². The Morgan fingerprint density at radius 3 is 1.37 bits per heavy atom. The minimum absolute atomic E-state index is 0.543. The summed E-state index contributed by atoms with van der Waals surface area (Å²) in [6.45, 7) is 0. The fourth-order valence-corrected chi connectivity index (χ4v) is 14.3. The van der Waals surface area contributed by atoms with Gasteiger partial charge in [-0.2, -0.15) is 0 Å². The molecule has 13 aromatic rings. The lowest BCUT2D eigenvalue weighted by atomic mass is 9.64. The molecule has 0 saturated carbocycles. The van der Waals surface area contributed by atoms with Gasteiger partial charge >= 0.3 is 0 Å². The molecule has 0 N–H and O–H groups in total. The predicted octanol–water partition coefficient (Wildman–Crippen LogP) is 20.7. The summed E-state index contributed by atoms with van der Waals surface area (Å²) in [6, 6.07) is 122. The molecule has 0 spiro atoms. The lowest BCUT2D eigenvalue weighted by Gasteiger charge is -2.45. The van der Waals surface area contributed by atoms with Crippen LogP contribution in [-0.2, 0) is 10.8 Å². The number of hydrogen-bond acceptors (Lipinski definition) is 2. The van der Waals surface area contributed by atoms with Crippen LogP contribution in [0.1, 0.15) is 44.5 Å². The fourth-order valence-electron chi connectivity index (χ4n) is 14.3. The average Bonchev–Trinajstić information content (AvgIpc) is 2.33. The quantitative estimate of drug-likeness (QED) is 0.135. The highest BCUT2D eigenvalue weighted by atomic mass is 15.2. The molecule has 1 atom stereocenters. The summed E-state index contributed by atoms with van der Waals surface area (Å²) in [7, 11) is 0. The molecule has 0 radical (unpaired) electrons. The first-order chi connectivity index (χ1) is 40.7. The van der Waals surface area contributed by atoms with Crippen LogP contribution in [0.15, 0.2) is 328 Å². The SMILES string of the molecule is c1ccc(-c2cccc(N(c3ccc(-c4ccc5c(c4)C4(c6ccccc6)c6ccccc6N(c6ccccc6)c6c(-c7ccccc7)ccc-5c64)cc3)c3ccc4c(c3)C(c3ccccc3)(c3ccccc3)c3ccccc3-4)c2)cc1. The lowest BCUT2D eigenvalue weighted by Crippen LogP contribution is -2.36. The highest BCUT2D eigenvalue weighted by Crippen LogP contribution is 2.67. The number of rotatable bonds is 10. The normalized spacial score (nSPS) is 14.7. The second kappa shape index (κ2) is 19.1. The van der Waals surface area contributed by atoms with Crippen molar-refractivity contribution in [3.63, 3.8) is 0 Å². The second-order valence-electron chi connectivity index (χ2n) is 21.9. The molecule has 0 amide bonds. The smallest absolute Gasteiger partial charge is 0.0754 e. The van der Waals surface area contributed by atoms with Crippen molar-refractivity contribution < 1.29 is 0 Å². The molecule has 2 nitrogen and oxygen atoms in total. The van der Waals surface area contributed by atoms with Crippen LogP contribution in [0.3, 0.4) is 0 Å². The molecule has 82 heavy (non-hydrogen) atoms. The van der Waals surface area contributed by atoms with Gasteiger partial charge in [-0.3, -0.25) is 0 Å².